The molecule has 756 valence electrons. The number of fused-ring (bicyclic) bond motifs is 4. The molecular formula is C106H127Cl3N20O14. The number of halogens is 3. The number of pyridine rings is 4. The fourth-order valence-corrected chi connectivity index (χ4v) is 20.1. The van der Waals surface area contributed by atoms with Gasteiger partial charge in [0.25, 0.3) is 23.6 Å². The lowest BCUT2D eigenvalue weighted by Crippen LogP contribution is -2.27. The van der Waals surface area contributed by atoms with E-state index in [1.165, 1.54) is 0 Å². The molecular weight excluding hydrogens is 1880 g/mol. The molecule has 0 spiro atoms. The molecule has 4 aromatic carbocycles. The summed E-state index contributed by atoms with van der Waals surface area (Å²) < 4.78 is 46.0. The average Bonchev–Trinajstić information content (AvgIpc) is 1.61. The Morgan fingerprint density at radius 3 is 1.09 bits per heavy atom. The molecule has 3 atom stereocenters. The summed E-state index contributed by atoms with van der Waals surface area (Å²) in [6.07, 6.45) is 25.0. The van der Waals surface area contributed by atoms with Crippen molar-refractivity contribution < 1.29 is 66.7 Å². The first-order valence-corrected chi connectivity index (χ1v) is 51.3. The number of benzene rings is 4. The Bertz CT molecular complexity index is 6570. The fraction of sp³-hybridized carbons (Fsp3) is 0.481. The van der Waals surface area contributed by atoms with Crippen LogP contribution in [0.2, 0.25) is 15.3 Å². The standard InChI is InChI=1S/C29H35N5O4.C25H28N4O3.C24H28ClN5O3.C12H13Cl2N3O.C12H16N2O2.C4H7NO/c1-18-30-27-23(32-22-11-10-20(15-25(22)37-2)29(36)33-12-4-5-13-33)16-21(17-24(35)19-8-9-19)31-28(27)34(18)26-7-3-6-14-38-26;1-15-11-20-24(26-15)21(13-18(27-20)14-22(30)16-5-6-16)28-19-8-7-17(12-23(19)32-2)25(31)29-9-3-4-10-29;1-15-26-22-18(14-20(25)28-23(22)30(15)21-7-3-6-12-33-21)27-17-9-8-16(13-19(17)32-2)24(31)29-10-4-5-11-29;1-7-15-11-8(13)6-9(14)16-12(11)17(7)10-4-2-3-5-18-10;1-16-11-8-9(4-5-10(11)13)12(15)14-6-2-3-7-14;5-4(6)3-1-2-3/h10-11,15-16,19,26H,3-9,12-14,17H2,1-2H3,(H,31,32);7-8,12-13,16H,3-6,9-11,14H2,1-2H3,(H,27,28);8-9,13-14,21H,3-7,10-12H2,1-2H3,(H,27,28);6,10H,2-5H2,1H3;4-5,8H,2-3,6-7,13H2,1H3;3H,1-2H2,(H2,5,6). The molecule has 0 radical (unpaired) electrons. The Labute approximate surface area is 846 Å². The molecule has 3 saturated carbocycles. The number of nitrogens with two attached hydrogens (primary N) is 2. The van der Waals surface area contributed by atoms with E-state index in [1.54, 1.807) is 77.0 Å². The molecule has 8 aliphatic heterocycles. The smallest absolute Gasteiger partial charge is 0.253 e. The summed E-state index contributed by atoms with van der Waals surface area (Å²) in [5.74, 6) is 5.97. The summed E-state index contributed by atoms with van der Waals surface area (Å²) in [6.45, 7) is 16.6. The highest BCUT2D eigenvalue weighted by Gasteiger charge is 2.36. The number of likely N-dealkylation sites (tertiary alicyclic amines) is 4. The lowest BCUT2D eigenvalue weighted by Gasteiger charge is -2.25. The lowest BCUT2D eigenvalue weighted by molar-refractivity contribution is -0.120. The summed E-state index contributed by atoms with van der Waals surface area (Å²) in [6, 6.07) is 28.8. The highest BCUT2D eigenvalue weighted by molar-refractivity contribution is 6.37. The number of rotatable bonds is 24. The van der Waals surface area contributed by atoms with Gasteiger partial charge in [0.05, 0.1) is 90.4 Å². The number of ether oxygens (including phenoxy) is 7. The van der Waals surface area contributed by atoms with Crippen molar-refractivity contribution >= 4 is 161 Å². The summed E-state index contributed by atoms with van der Waals surface area (Å²) >= 11 is 18.5. The van der Waals surface area contributed by atoms with Crippen molar-refractivity contribution in [2.24, 2.45) is 28.5 Å². The van der Waals surface area contributed by atoms with Gasteiger partial charge >= 0.3 is 0 Å². The van der Waals surface area contributed by atoms with E-state index in [-0.39, 0.29) is 77.5 Å². The summed E-state index contributed by atoms with van der Waals surface area (Å²) in [7, 11) is 6.35. The minimum atomic E-state index is -0.130. The van der Waals surface area contributed by atoms with Gasteiger partial charge in [-0.25, -0.2) is 29.9 Å². The number of primary amides is 1. The number of anilines is 7. The minimum absolute atomic E-state index is 0.00853. The quantitative estimate of drug-likeness (QED) is 0.0277. The third-order valence-corrected chi connectivity index (χ3v) is 28.2. The predicted octanol–water partition coefficient (Wildman–Crippen LogP) is 19.4. The molecule has 5 amide bonds. The van der Waals surface area contributed by atoms with Gasteiger partial charge in [0.2, 0.25) is 5.91 Å². The largest absolute Gasteiger partial charge is 0.495 e. The van der Waals surface area contributed by atoms with E-state index in [0.717, 1.165) is 299 Å². The SMILES string of the molecule is COc1cc(C(=O)N2CCCC2)ccc1N.COc1cc(C(=O)N2CCCC2)ccc1Nc1cc(CC(=O)C2CC2)nc2c1N=C(C)C2.COc1cc(C(=O)N2CCCC2)ccc1Nc1cc(CC(=O)C2CC2)nc2c1nc(C)n2C1CCCCO1.COc1cc(C(=O)N2CCCC2)ccc1Nc1cc(Cl)nc2c1nc(C)n2C1CCCCO1.Cc1nc2c(Cl)cc(Cl)nc2n1C1CCCCO1.NC(=O)C1CC1. The zero-order valence-electron chi connectivity index (χ0n) is 82.6. The van der Waals surface area contributed by atoms with Crippen LogP contribution in [-0.2, 0) is 47.9 Å². The second-order valence-corrected chi connectivity index (χ2v) is 39.4. The number of ketones is 2. The van der Waals surface area contributed by atoms with Gasteiger partial charge in [0.15, 0.2) is 16.9 Å². The van der Waals surface area contributed by atoms with E-state index in [4.69, 9.17) is 99.4 Å². The first kappa shape index (κ1) is 102. The van der Waals surface area contributed by atoms with E-state index in [1.807, 2.05) is 105 Å². The molecule has 11 aromatic rings. The number of nitrogens with zero attached hydrogens (tertiary/aromatic N) is 15. The zero-order valence-corrected chi connectivity index (χ0v) is 84.8. The maximum absolute atomic E-state index is 12.9. The molecule has 3 unspecified atom stereocenters. The van der Waals surface area contributed by atoms with Crippen molar-refractivity contribution in [2.45, 2.75) is 213 Å². The van der Waals surface area contributed by atoms with Crippen LogP contribution in [0.25, 0.3) is 33.5 Å². The number of aromatic nitrogens is 10. The van der Waals surface area contributed by atoms with Crippen molar-refractivity contribution in [1.29, 1.82) is 0 Å². The Morgan fingerprint density at radius 2 is 0.720 bits per heavy atom. The molecule has 0 bridgehead atoms. The molecule has 7 N–H and O–H groups in total. The normalized spacial score (nSPS) is 18.5. The Balaban J connectivity index is 0.000000124. The van der Waals surface area contributed by atoms with Gasteiger partial charge in [-0.3, -0.25) is 57.2 Å². The molecule has 3 aliphatic carbocycles. The van der Waals surface area contributed by atoms with E-state index in [9.17, 15) is 33.6 Å². The van der Waals surface area contributed by atoms with Crippen LogP contribution < -0.4 is 46.4 Å². The minimum Gasteiger partial charge on any atom is -0.495 e. The number of aliphatic imine (C=N–C) groups is 1. The van der Waals surface area contributed by atoms with Crippen LogP contribution in [0.4, 0.5) is 45.5 Å². The van der Waals surface area contributed by atoms with Gasteiger partial charge < -0.3 is 80.2 Å². The second kappa shape index (κ2) is 46.4. The van der Waals surface area contributed by atoms with Gasteiger partial charge in [0, 0.05) is 143 Å². The van der Waals surface area contributed by atoms with Crippen molar-refractivity contribution in [1.82, 2.24) is 68.2 Å². The predicted molar refractivity (Wildman–Crippen MR) is 551 cm³/mol. The zero-order chi connectivity index (χ0) is 100. The molecule has 7 aromatic heterocycles. The monoisotopic (exact) mass is 2010 g/mol. The van der Waals surface area contributed by atoms with Crippen LogP contribution in [0.5, 0.6) is 23.0 Å². The summed E-state index contributed by atoms with van der Waals surface area (Å²) in [4.78, 5) is 131. The van der Waals surface area contributed by atoms with Crippen LogP contribution >= 0.6 is 34.8 Å². The molecule has 10 fully saturated rings. The number of carbonyl (C=O) groups excluding carboxylic acids is 7. The van der Waals surface area contributed by atoms with Crippen LogP contribution in [0, 0.1) is 38.5 Å². The van der Waals surface area contributed by atoms with E-state index < -0.39 is 0 Å². The lowest BCUT2D eigenvalue weighted by atomic mass is 10.1. The second-order valence-electron chi connectivity index (χ2n) is 38.2. The molecule has 34 nitrogen and oxygen atoms in total. The summed E-state index contributed by atoms with van der Waals surface area (Å²) in [5.41, 5.74) is 26.5. The molecule has 7 saturated heterocycles. The Hall–Kier alpha value is -12.6. The van der Waals surface area contributed by atoms with Gasteiger partial charge in [-0.1, -0.05) is 34.8 Å². The molecule has 37 heteroatoms. The molecule has 143 heavy (non-hydrogen) atoms. The number of nitrogens with one attached hydrogen (secondary N) is 3. The Kier molecular flexibility index (Phi) is 33.1. The Morgan fingerprint density at radius 1 is 0.378 bits per heavy atom. The van der Waals surface area contributed by atoms with Crippen molar-refractivity contribution in [3.05, 3.63) is 169 Å². The van der Waals surface area contributed by atoms with Crippen molar-refractivity contribution in [3.63, 3.8) is 0 Å². The third kappa shape index (κ3) is 24.6. The van der Waals surface area contributed by atoms with Gasteiger partial charge in [-0.15, -0.1) is 0 Å². The summed E-state index contributed by atoms with van der Waals surface area (Å²) in [5, 5.41) is 11.6. The van der Waals surface area contributed by atoms with Crippen LogP contribution in [0.1, 0.15) is 249 Å². The highest BCUT2D eigenvalue weighted by Crippen LogP contribution is 2.44. The maximum atomic E-state index is 12.9. The number of imidazole rings is 3. The fourth-order valence-electron chi connectivity index (χ4n) is 19.4. The van der Waals surface area contributed by atoms with E-state index in [0.29, 0.717) is 120 Å². The first-order chi connectivity index (χ1) is 69.3. The maximum Gasteiger partial charge on any atom is 0.253 e. The third-order valence-electron chi connectivity index (χ3n) is 27.6. The van der Waals surface area contributed by atoms with Crippen LogP contribution in [-0.4, -0.2) is 216 Å². The number of methoxy groups -OCH3 is 4. The first-order valence-electron chi connectivity index (χ1n) is 50.1. The van der Waals surface area contributed by atoms with Gasteiger partial charge in [0.1, 0.15) is 103 Å². The van der Waals surface area contributed by atoms with Crippen LogP contribution in [0.15, 0.2) is 102 Å². The van der Waals surface area contributed by atoms with Gasteiger partial charge in [-0.05, 0) is 266 Å². The number of carbonyl (C=O) groups is 7. The van der Waals surface area contributed by atoms with Crippen LogP contribution in [0.3, 0.4) is 0 Å². The van der Waals surface area contributed by atoms with Gasteiger partial charge in [-0.2, -0.15) is 0 Å². The van der Waals surface area contributed by atoms with E-state index >= 15 is 0 Å². The highest BCUT2D eigenvalue weighted by atomic mass is 35.5. The number of nitrogen functional groups attached to an aromatic ring is 1. The molecule has 11 aliphatic rings. The van der Waals surface area contributed by atoms with E-state index in [2.05, 4.69) is 40.5 Å². The number of hydrogen-bond acceptors (Lipinski definition) is 26. The number of amides is 5. The van der Waals surface area contributed by atoms with Crippen molar-refractivity contribution in [3.8, 4) is 23.0 Å². The topological polar surface area (TPSA) is 403 Å². The molecule has 15 heterocycles. The number of hydrogen-bond donors (Lipinski definition) is 5. The number of Topliss-reactive ketones (excluding diaryl/α,β-unsaturated/α-hetero) is 2. The average molecular weight is 2010 g/mol. The molecule has 22 rings (SSSR count). The van der Waals surface area contributed by atoms with Crippen molar-refractivity contribution in [2.75, 3.05) is 122 Å². The number of aryl methyl sites for hydroxylation is 3.